The molecule has 3 heteroatoms. The average molecular weight is 419 g/mol. The summed E-state index contributed by atoms with van der Waals surface area (Å²) in [5.74, 6) is 2.17. The Kier molecular flexibility index (Phi) is 7.58. The van der Waals surface area contributed by atoms with Crippen molar-refractivity contribution in [2.45, 2.75) is 123 Å². The van der Waals surface area contributed by atoms with Gasteiger partial charge in [0.05, 0.1) is 17.8 Å². The fraction of sp³-hybridized carbons (Fsp3) is 0.852. The Morgan fingerprint density at radius 2 is 1.87 bits per heavy atom. The molecule has 0 heterocycles. The molecule has 3 N–H and O–H groups in total. The summed E-state index contributed by atoms with van der Waals surface area (Å²) in [6.45, 7) is 11.1. The summed E-state index contributed by atoms with van der Waals surface area (Å²) in [5, 5.41) is 30.2. The van der Waals surface area contributed by atoms with E-state index in [1.807, 2.05) is 13.8 Å². The van der Waals surface area contributed by atoms with Gasteiger partial charge in [-0.1, -0.05) is 49.5 Å². The molecule has 3 fully saturated rings. The molecule has 172 valence electrons. The second-order valence-corrected chi connectivity index (χ2v) is 11.7. The lowest BCUT2D eigenvalue weighted by Gasteiger charge is -2.45. The topological polar surface area (TPSA) is 60.7 Å². The number of aliphatic hydroxyl groups excluding tert-OH is 2. The molecule has 0 aromatic heterocycles. The van der Waals surface area contributed by atoms with Gasteiger partial charge in [-0.2, -0.15) is 0 Å². The van der Waals surface area contributed by atoms with Crippen LogP contribution in [-0.2, 0) is 0 Å². The molecular weight excluding hydrogens is 372 g/mol. The maximum Gasteiger partial charge on any atom is 0.0602 e. The van der Waals surface area contributed by atoms with Crippen LogP contribution in [0.25, 0.3) is 0 Å². The summed E-state index contributed by atoms with van der Waals surface area (Å²) in [4.78, 5) is 0. The molecule has 0 saturated heterocycles. The Balaban J connectivity index is 1.73. The van der Waals surface area contributed by atoms with Crippen LogP contribution in [0.2, 0.25) is 0 Å². The molecule has 30 heavy (non-hydrogen) atoms. The Bertz CT molecular complexity index is 644. The van der Waals surface area contributed by atoms with E-state index in [9.17, 15) is 15.3 Å². The van der Waals surface area contributed by atoms with Crippen LogP contribution in [0.15, 0.2) is 22.8 Å². The molecular formula is C27H46O3. The van der Waals surface area contributed by atoms with Gasteiger partial charge in [0.2, 0.25) is 0 Å². The van der Waals surface area contributed by atoms with E-state index in [4.69, 9.17) is 0 Å². The van der Waals surface area contributed by atoms with E-state index >= 15 is 0 Å². The van der Waals surface area contributed by atoms with Crippen molar-refractivity contribution in [2.75, 3.05) is 0 Å². The van der Waals surface area contributed by atoms with E-state index in [1.54, 1.807) is 5.57 Å². The Labute approximate surface area is 184 Å². The first-order valence-corrected chi connectivity index (χ1v) is 12.5. The highest BCUT2D eigenvalue weighted by Gasteiger charge is 2.50. The summed E-state index contributed by atoms with van der Waals surface area (Å²) < 4.78 is 0. The van der Waals surface area contributed by atoms with Crippen LogP contribution in [0, 0.1) is 23.2 Å². The zero-order chi connectivity index (χ0) is 22.1. The van der Waals surface area contributed by atoms with Crippen LogP contribution in [0.5, 0.6) is 0 Å². The molecule has 3 aliphatic rings. The smallest absolute Gasteiger partial charge is 0.0602 e. The standard InChI is InChI=1S/C27H46O3/c1-18(8-6-12-26(3,4)30)24-10-11-25-23(9-7-13-27(24,25)5)19(2)14-20-15-21(28)17-22(29)16-20/h14,18,21-22,24-25,28-30H,6-13,15-17H2,1-5H3/b23-19-/t18-,21+,22+,24?,25?,27+/m0/s1. The lowest BCUT2D eigenvalue weighted by molar-refractivity contribution is 0.0590. The molecule has 0 aromatic rings. The zero-order valence-corrected chi connectivity index (χ0v) is 20.1. The number of hydrogen-bond donors (Lipinski definition) is 3. The van der Waals surface area contributed by atoms with Crippen molar-refractivity contribution < 1.29 is 15.3 Å². The third kappa shape index (κ3) is 5.58. The van der Waals surface area contributed by atoms with Gasteiger partial charge in [-0.3, -0.25) is 0 Å². The predicted octanol–water partition coefficient (Wildman–Crippen LogP) is 5.93. The summed E-state index contributed by atoms with van der Waals surface area (Å²) in [6.07, 6.45) is 13.1. The zero-order valence-electron chi connectivity index (χ0n) is 20.1. The van der Waals surface area contributed by atoms with Crippen molar-refractivity contribution in [1.82, 2.24) is 0 Å². The Morgan fingerprint density at radius 3 is 2.50 bits per heavy atom. The maximum atomic E-state index is 10.1. The highest BCUT2D eigenvalue weighted by molar-refractivity contribution is 5.33. The number of aliphatic hydroxyl groups is 3. The SMILES string of the molecule is C/C(C=C1C[C@@H](O)C[C@H](O)C1)=C1\CCC[C@@]2(C)C1CCC2[C@@H](C)CCCC(C)(C)O. The number of hydrogen-bond acceptors (Lipinski definition) is 3. The second kappa shape index (κ2) is 9.46. The molecule has 2 unspecified atom stereocenters. The van der Waals surface area contributed by atoms with E-state index in [-0.39, 0.29) is 0 Å². The summed E-state index contributed by atoms with van der Waals surface area (Å²) >= 11 is 0. The molecule has 0 spiro atoms. The van der Waals surface area contributed by atoms with Crippen molar-refractivity contribution in [3.05, 3.63) is 22.8 Å². The fourth-order valence-electron chi connectivity index (χ4n) is 7.18. The van der Waals surface area contributed by atoms with Crippen molar-refractivity contribution in [2.24, 2.45) is 23.2 Å². The molecule has 3 saturated carbocycles. The van der Waals surface area contributed by atoms with Crippen molar-refractivity contribution in [1.29, 1.82) is 0 Å². The quantitative estimate of drug-likeness (QED) is 0.501. The minimum atomic E-state index is -0.548. The van der Waals surface area contributed by atoms with E-state index in [0.29, 0.717) is 36.5 Å². The van der Waals surface area contributed by atoms with Crippen LogP contribution in [0.3, 0.4) is 0 Å². The summed E-state index contributed by atoms with van der Waals surface area (Å²) in [5.41, 5.74) is 4.11. The monoisotopic (exact) mass is 418 g/mol. The molecule has 6 atom stereocenters. The maximum absolute atomic E-state index is 10.1. The number of allylic oxidation sites excluding steroid dienone is 3. The largest absolute Gasteiger partial charge is 0.393 e. The van der Waals surface area contributed by atoms with Crippen LogP contribution in [0.1, 0.15) is 105 Å². The van der Waals surface area contributed by atoms with Crippen LogP contribution >= 0.6 is 0 Å². The minimum absolute atomic E-state index is 0.393. The lowest BCUT2D eigenvalue weighted by atomic mass is 9.60. The molecule has 0 bridgehead atoms. The predicted molar refractivity (Wildman–Crippen MR) is 124 cm³/mol. The van der Waals surface area contributed by atoms with E-state index in [2.05, 4.69) is 26.8 Å². The second-order valence-electron chi connectivity index (χ2n) is 11.7. The summed E-state index contributed by atoms with van der Waals surface area (Å²) in [7, 11) is 0. The first-order chi connectivity index (χ1) is 14.0. The van der Waals surface area contributed by atoms with E-state index in [1.165, 1.54) is 49.7 Å². The molecule has 3 rings (SSSR count). The average Bonchev–Trinajstić information content (AvgIpc) is 2.96. The van der Waals surface area contributed by atoms with E-state index in [0.717, 1.165) is 18.8 Å². The fourth-order valence-corrected chi connectivity index (χ4v) is 7.18. The van der Waals surface area contributed by atoms with Gasteiger partial charge < -0.3 is 15.3 Å². The molecule has 0 aliphatic heterocycles. The van der Waals surface area contributed by atoms with E-state index < -0.39 is 17.8 Å². The van der Waals surface area contributed by atoms with Crippen LogP contribution < -0.4 is 0 Å². The first kappa shape index (κ1) is 24.0. The van der Waals surface area contributed by atoms with Gasteiger partial charge in [-0.05, 0) is 102 Å². The molecule has 0 radical (unpaired) electrons. The third-order valence-corrected chi connectivity index (χ3v) is 8.59. The number of rotatable bonds is 6. The highest BCUT2D eigenvalue weighted by Crippen LogP contribution is 2.60. The molecule has 0 amide bonds. The van der Waals surface area contributed by atoms with Crippen LogP contribution in [0.4, 0.5) is 0 Å². The van der Waals surface area contributed by atoms with Gasteiger partial charge in [0.25, 0.3) is 0 Å². The van der Waals surface area contributed by atoms with Crippen LogP contribution in [-0.4, -0.2) is 33.1 Å². The Morgan fingerprint density at radius 1 is 1.20 bits per heavy atom. The number of fused-ring (bicyclic) bond motifs is 1. The van der Waals surface area contributed by atoms with Gasteiger partial charge in [-0.15, -0.1) is 0 Å². The van der Waals surface area contributed by atoms with Crippen molar-refractivity contribution >= 4 is 0 Å². The summed E-state index contributed by atoms with van der Waals surface area (Å²) in [6, 6.07) is 0. The van der Waals surface area contributed by atoms with Gasteiger partial charge in [0.15, 0.2) is 0 Å². The minimum Gasteiger partial charge on any atom is -0.393 e. The first-order valence-electron chi connectivity index (χ1n) is 12.5. The van der Waals surface area contributed by atoms with Crippen molar-refractivity contribution in [3.8, 4) is 0 Å². The van der Waals surface area contributed by atoms with Gasteiger partial charge in [0.1, 0.15) is 0 Å². The van der Waals surface area contributed by atoms with Crippen molar-refractivity contribution in [3.63, 3.8) is 0 Å². The molecule has 0 aromatic carbocycles. The Hall–Kier alpha value is -0.640. The van der Waals surface area contributed by atoms with Gasteiger partial charge in [0, 0.05) is 0 Å². The van der Waals surface area contributed by atoms with Gasteiger partial charge >= 0.3 is 0 Å². The highest BCUT2D eigenvalue weighted by atomic mass is 16.3. The normalized spacial score (nSPS) is 37.7. The lowest BCUT2D eigenvalue weighted by Crippen LogP contribution is -2.36. The molecule has 3 nitrogen and oxygen atoms in total. The molecule has 3 aliphatic carbocycles. The van der Waals surface area contributed by atoms with Gasteiger partial charge in [-0.25, -0.2) is 0 Å². The third-order valence-electron chi connectivity index (χ3n) is 8.59.